The Bertz CT molecular complexity index is 875. The molecule has 0 aromatic heterocycles. The van der Waals surface area contributed by atoms with Crippen LogP contribution >= 0.6 is 0 Å². The van der Waals surface area contributed by atoms with Gasteiger partial charge in [0, 0.05) is 5.69 Å². The standard InChI is InChI=1S/C21H21N3O2/c1-14(2)15-7-9-17(10-8-15)23-19(25)21(11-12-21)20(26)24-18-6-4-3-5-16(18)13-22/h3-10,14H,11-12H2,1-2H3,(H,23,25)(H,24,26). The van der Waals surface area contributed by atoms with E-state index in [0.29, 0.717) is 35.7 Å². The van der Waals surface area contributed by atoms with E-state index in [0.717, 1.165) is 0 Å². The highest BCUT2D eigenvalue weighted by molar-refractivity contribution is 6.17. The van der Waals surface area contributed by atoms with E-state index in [1.807, 2.05) is 30.3 Å². The Balaban J connectivity index is 1.70. The number of nitrogens with one attached hydrogen (secondary N) is 2. The average Bonchev–Trinajstić information content (AvgIpc) is 3.44. The predicted molar refractivity (Wildman–Crippen MR) is 101 cm³/mol. The minimum absolute atomic E-state index is 0.304. The number of nitrogens with zero attached hydrogens (tertiary/aromatic N) is 1. The molecule has 1 fully saturated rings. The van der Waals surface area contributed by atoms with E-state index >= 15 is 0 Å². The average molecular weight is 347 g/mol. The minimum Gasteiger partial charge on any atom is -0.325 e. The minimum atomic E-state index is -1.06. The smallest absolute Gasteiger partial charge is 0.240 e. The van der Waals surface area contributed by atoms with Crippen molar-refractivity contribution in [1.29, 1.82) is 5.26 Å². The van der Waals surface area contributed by atoms with Gasteiger partial charge in [-0.05, 0) is 48.6 Å². The van der Waals surface area contributed by atoms with Crippen LogP contribution in [0.15, 0.2) is 48.5 Å². The predicted octanol–water partition coefficient (Wildman–Crippen LogP) is 4.04. The van der Waals surface area contributed by atoms with Crippen molar-refractivity contribution in [1.82, 2.24) is 0 Å². The largest absolute Gasteiger partial charge is 0.325 e. The number of para-hydroxylation sites is 1. The summed E-state index contributed by atoms with van der Waals surface area (Å²) >= 11 is 0. The normalized spacial score (nSPS) is 14.4. The number of hydrogen-bond acceptors (Lipinski definition) is 3. The van der Waals surface area contributed by atoms with Crippen LogP contribution in [-0.2, 0) is 9.59 Å². The van der Waals surface area contributed by atoms with Gasteiger partial charge in [0.2, 0.25) is 11.8 Å². The third-order valence-electron chi connectivity index (χ3n) is 4.75. The number of amides is 2. The summed E-state index contributed by atoms with van der Waals surface area (Å²) in [6.45, 7) is 4.21. The molecule has 0 aliphatic heterocycles. The molecule has 132 valence electrons. The van der Waals surface area contributed by atoms with Crippen LogP contribution in [0.25, 0.3) is 0 Å². The Kier molecular flexibility index (Phi) is 4.77. The van der Waals surface area contributed by atoms with Crippen molar-refractivity contribution in [3.63, 3.8) is 0 Å². The molecular formula is C21H21N3O2. The lowest BCUT2D eigenvalue weighted by Gasteiger charge is -2.16. The van der Waals surface area contributed by atoms with Crippen molar-refractivity contribution in [2.24, 2.45) is 5.41 Å². The second-order valence-electron chi connectivity index (χ2n) is 6.92. The number of rotatable bonds is 5. The van der Waals surface area contributed by atoms with Crippen molar-refractivity contribution in [3.05, 3.63) is 59.7 Å². The van der Waals surface area contributed by atoms with Crippen LogP contribution < -0.4 is 10.6 Å². The van der Waals surface area contributed by atoms with Crippen molar-refractivity contribution < 1.29 is 9.59 Å². The summed E-state index contributed by atoms with van der Waals surface area (Å²) in [7, 11) is 0. The molecule has 5 nitrogen and oxygen atoms in total. The monoisotopic (exact) mass is 347 g/mol. The van der Waals surface area contributed by atoms with Gasteiger partial charge >= 0.3 is 0 Å². The molecule has 2 N–H and O–H groups in total. The number of carbonyl (C=O) groups is 2. The topological polar surface area (TPSA) is 82.0 Å². The Morgan fingerprint density at radius 1 is 1.00 bits per heavy atom. The highest BCUT2D eigenvalue weighted by Crippen LogP contribution is 2.47. The molecule has 3 rings (SSSR count). The summed E-state index contributed by atoms with van der Waals surface area (Å²) in [6.07, 6.45) is 1.01. The fourth-order valence-corrected chi connectivity index (χ4v) is 2.82. The first-order valence-corrected chi connectivity index (χ1v) is 8.68. The van der Waals surface area contributed by atoms with Gasteiger partial charge in [-0.2, -0.15) is 5.26 Å². The van der Waals surface area contributed by atoms with Crippen LogP contribution in [0.3, 0.4) is 0 Å². The zero-order valence-corrected chi connectivity index (χ0v) is 14.9. The van der Waals surface area contributed by atoms with Gasteiger partial charge in [0.25, 0.3) is 0 Å². The highest BCUT2D eigenvalue weighted by atomic mass is 16.2. The molecule has 0 bridgehead atoms. The van der Waals surface area contributed by atoms with Crippen molar-refractivity contribution in [2.45, 2.75) is 32.6 Å². The molecular weight excluding hydrogens is 326 g/mol. The maximum atomic E-state index is 12.7. The summed E-state index contributed by atoms with van der Waals surface area (Å²) in [5.41, 5.74) is 1.62. The zero-order valence-electron chi connectivity index (χ0n) is 14.9. The summed E-state index contributed by atoms with van der Waals surface area (Å²) in [6, 6.07) is 16.5. The summed E-state index contributed by atoms with van der Waals surface area (Å²) in [5, 5.41) is 14.7. The van der Waals surface area contributed by atoms with E-state index in [-0.39, 0.29) is 11.8 Å². The molecule has 0 unspecified atom stereocenters. The lowest BCUT2D eigenvalue weighted by molar-refractivity contribution is -0.131. The number of carbonyl (C=O) groups excluding carboxylic acids is 2. The van der Waals surface area contributed by atoms with Crippen LogP contribution in [0.2, 0.25) is 0 Å². The maximum Gasteiger partial charge on any atom is 0.240 e. The first kappa shape index (κ1) is 17.7. The second-order valence-corrected chi connectivity index (χ2v) is 6.92. The number of hydrogen-bond donors (Lipinski definition) is 2. The third kappa shape index (κ3) is 3.45. The number of anilines is 2. The van der Waals surface area contributed by atoms with Gasteiger partial charge in [0.1, 0.15) is 11.5 Å². The Morgan fingerprint density at radius 3 is 2.19 bits per heavy atom. The summed E-state index contributed by atoms with van der Waals surface area (Å²) < 4.78 is 0. The van der Waals surface area contributed by atoms with Gasteiger partial charge in [0.15, 0.2) is 0 Å². The zero-order chi connectivity index (χ0) is 18.7. The highest BCUT2D eigenvalue weighted by Gasteiger charge is 2.56. The SMILES string of the molecule is CC(C)c1ccc(NC(=O)C2(C(=O)Nc3ccccc3C#N)CC2)cc1. The van der Waals surface area contributed by atoms with Crippen LogP contribution in [0.1, 0.15) is 43.7 Å². The Morgan fingerprint density at radius 2 is 1.62 bits per heavy atom. The van der Waals surface area contributed by atoms with Crippen molar-refractivity contribution in [2.75, 3.05) is 10.6 Å². The molecule has 2 amide bonds. The lowest BCUT2D eigenvalue weighted by atomic mass is 10.0. The summed E-state index contributed by atoms with van der Waals surface area (Å²) in [4.78, 5) is 25.3. The molecule has 1 aliphatic rings. The number of benzene rings is 2. The fourth-order valence-electron chi connectivity index (χ4n) is 2.82. The fraction of sp³-hybridized carbons (Fsp3) is 0.286. The summed E-state index contributed by atoms with van der Waals surface area (Å²) in [5.74, 6) is -0.251. The quantitative estimate of drug-likeness (QED) is 0.801. The number of nitriles is 1. The van der Waals surface area contributed by atoms with E-state index in [4.69, 9.17) is 5.26 Å². The first-order chi connectivity index (χ1) is 12.5. The molecule has 0 saturated heterocycles. The van der Waals surface area contributed by atoms with E-state index in [1.54, 1.807) is 24.3 Å². The molecule has 2 aromatic carbocycles. The molecule has 26 heavy (non-hydrogen) atoms. The van der Waals surface area contributed by atoms with Crippen LogP contribution in [0, 0.1) is 16.7 Å². The van der Waals surface area contributed by atoms with Gasteiger partial charge in [-0.3, -0.25) is 9.59 Å². The van der Waals surface area contributed by atoms with E-state index in [2.05, 4.69) is 24.5 Å². The molecule has 2 aromatic rings. The van der Waals surface area contributed by atoms with Crippen LogP contribution in [-0.4, -0.2) is 11.8 Å². The van der Waals surface area contributed by atoms with Crippen LogP contribution in [0.5, 0.6) is 0 Å². The van der Waals surface area contributed by atoms with Gasteiger partial charge < -0.3 is 10.6 Å². The molecule has 0 atom stereocenters. The lowest BCUT2D eigenvalue weighted by Crippen LogP contribution is -2.35. The molecule has 5 heteroatoms. The first-order valence-electron chi connectivity index (χ1n) is 8.68. The molecule has 0 radical (unpaired) electrons. The van der Waals surface area contributed by atoms with Crippen molar-refractivity contribution >= 4 is 23.2 Å². The molecule has 0 spiro atoms. The third-order valence-corrected chi connectivity index (χ3v) is 4.75. The van der Waals surface area contributed by atoms with E-state index < -0.39 is 5.41 Å². The Hall–Kier alpha value is -3.13. The Labute approximate surface area is 153 Å². The van der Waals surface area contributed by atoms with Gasteiger partial charge in [-0.1, -0.05) is 38.1 Å². The van der Waals surface area contributed by atoms with Gasteiger partial charge in [0.05, 0.1) is 11.3 Å². The molecule has 1 saturated carbocycles. The van der Waals surface area contributed by atoms with Gasteiger partial charge in [-0.25, -0.2) is 0 Å². The van der Waals surface area contributed by atoms with Gasteiger partial charge in [-0.15, -0.1) is 0 Å². The van der Waals surface area contributed by atoms with E-state index in [9.17, 15) is 9.59 Å². The van der Waals surface area contributed by atoms with Crippen LogP contribution in [0.4, 0.5) is 11.4 Å². The van der Waals surface area contributed by atoms with Crippen molar-refractivity contribution in [3.8, 4) is 6.07 Å². The van der Waals surface area contributed by atoms with E-state index in [1.165, 1.54) is 5.56 Å². The maximum absolute atomic E-state index is 12.7. The second kappa shape index (κ2) is 7.01. The molecule has 0 heterocycles. The molecule has 1 aliphatic carbocycles.